The van der Waals surface area contributed by atoms with Gasteiger partial charge in [0.05, 0.1) is 5.60 Å². The first kappa shape index (κ1) is 12.3. The van der Waals surface area contributed by atoms with Gasteiger partial charge in [0.15, 0.2) is 0 Å². The summed E-state index contributed by atoms with van der Waals surface area (Å²) in [7, 11) is 0. The molecule has 0 saturated heterocycles. The van der Waals surface area contributed by atoms with E-state index in [0.717, 1.165) is 0 Å². The Morgan fingerprint density at radius 2 is 2.13 bits per heavy atom. The van der Waals surface area contributed by atoms with Crippen LogP contribution >= 0.6 is 11.6 Å². The quantitative estimate of drug-likeness (QED) is 0.858. The summed E-state index contributed by atoms with van der Waals surface area (Å²) in [5.41, 5.74) is -0.817. The third-order valence-corrected chi connectivity index (χ3v) is 2.81. The van der Waals surface area contributed by atoms with Gasteiger partial charge in [-0.1, -0.05) is 31.5 Å². The molecule has 0 radical (unpaired) electrons. The van der Waals surface area contributed by atoms with Crippen molar-refractivity contribution in [2.45, 2.75) is 26.4 Å². The first-order valence-corrected chi connectivity index (χ1v) is 5.40. The fourth-order valence-corrected chi connectivity index (χ4v) is 1.13. The Kier molecular flexibility index (Phi) is 4.00. The smallest absolute Gasteiger partial charge is 0.120 e. The van der Waals surface area contributed by atoms with E-state index in [9.17, 15) is 5.11 Å². The lowest BCUT2D eigenvalue weighted by molar-refractivity contribution is -0.0266. The molecule has 0 amide bonds. The van der Waals surface area contributed by atoms with Crippen LogP contribution < -0.4 is 4.74 Å². The fraction of sp³-hybridized carbons (Fsp3) is 0.500. The highest BCUT2D eigenvalue weighted by atomic mass is 35.5. The van der Waals surface area contributed by atoms with Crippen LogP contribution in [0.4, 0.5) is 0 Å². The Labute approximate surface area is 95.8 Å². The van der Waals surface area contributed by atoms with Gasteiger partial charge in [-0.15, -0.1) is 0 Å². The van der Waals surface area contributed by atoms with E-state index in [2.05, 4.69) is 0 Å². The van der Waals surface area contributed by atoms with Crippen molar-refractivity contribution in [3.8, 4) is 5.75 Å². The molecule has 2 nitrogen and oxygen atoms in total. The number of hydrogen-bond donors (Lipinski definition) is 1. The Morgan fingerprint density at radius 3 is 2.67 bits per heavy atom. The summed E-state index contributed by atoms with van der Waals surface area (Å²) in [5.74, 6) is 0.833. The number of rotatable bonds is 4. The minimum atomic E-state index is -0.817. The number of ether oxygens (including phenoxy) is 1. The van der Waals surface area contributed by atoms with Crippen LogP contribution in [-0.4, -0.2) is 17.3 Å². The van der Waals surface area contributed by atoms with E-state index < -0.39 is 5.60 Å². The molecule has 1 aromatic rings. The minimum absolute atomic E-state index is 0.150. The molecular formula is C12H17ClO2. The molecule has 0 aliphatic carbocycles. The predicted octanol–water partition coefficient (Wildman–Crippen LogP) is 3.13. The maximum Gasteiger partial charge on any atom is 0.120 e. The third kappa shape index (κ3) is 3.73. The third-order valence-electron chi connectivity index (χ3n) is 2.57. The zero-order chi connectivity index (χ0) is 11.5. The molecule has 0 heterocycles. The highest BCUT2D eigenvalue weighted by Crippen LogP contribution is 2.21. The molecule has 0 saturated carbocycles. The molecular weight excluding hydrogens is 212 g/mol. The van der Waals surface area contributed by atoms with Gasteiger partial charge in [0.25, 0.3) is 0 Å². The zero-order valence-electron chi connectivity index (χ0n) is 9.33. The molecule has 0 aliphatic heterocycles. The van der Waals surface area contributed by atoms with Crippen LogP contribution in [0, 0.1) is 5.92 Å². The van der Waals surface area contributed by atoms with Crippen LogP contribution in [0.2, 0.25) is 5.02 Å². The first-order chi connectivity index (χ1) is 6.92. The standard InChI is InChI=1S/C12H17ClO2/c1-9(2)12(3,14)8-15-11-6-4-5-10(13)7-11/h4-7,9,14H,8H2,1-3H3. The van der Waals surface area contributed by atoms with Gasteiger partial charge in [0, 0.05) is 5.02 Å². The SMILES string of the molecule is CC(C)C(C)(O)COc1cccc(Cl)c1. The largest absolute Gasteiger partial charge is 0.491 e. The molecule has 0 spiro atoms. The Balaban J connectivity index is 2.57. The van der Waals surface area contributed by atoms with Crippen molar-refractivity contribution in [2.24, 2.45) is 5.92 Å². The number of halogens is 1. The van der Waals surface area contributed by atoms with Gasteiger partial charge in [-0.25, -0.2) is 0 Å². The second-order valence-corrected chi connectivity index (χ2v) is 4.69. The molecule has 0 aromatic heterocycles. The lowest BCUT2D eigenvalue weighted by Crippen LogP contribution is -2.37. The summed E-state index contributed by atoms with van der Waals surface area (Å²) in [5, 5.41) is 10.6. The second kappa shape index (κ2) is 4.86. The molecule has 3 heteroatoms. The summed E-state index contributed by atoms with van der Waals surface area (Å²) < 4.78 is 5.48. The molecule has 1 rings (SSSR count). The van der Waals surface area contributed by atoms with Crippen molar-refractivity contribution in [1.29, 1.82) is 0 Å². The van der Waals surface area contributed by atoms with Crippen molar-refractivity contribution >= 4 is 11.6 Å². The van der Waals surface area contributed by atoms with Gasteiger partial charge in [0.1, 0.15) is 12.4 Å². The second-order valence-electron chi connectivity index (χ2n) is 4.26. The van der Waals surface area contributed by atoms with Gasteiger partial charge in [-0.2, -0.15) is 0 Å². The zero-order valence-corrected chi connectivity index (χ0v) is 10.1. The van der Waals surface area contributed by atoms with E-state index in [4.69, 9.17) is 16.3 Å². The van der Waals surface area contributed by atoms with Gasteiger partial charge < -0.3 is 9.84 Å². The van der Waals surface area contributed by atoms with Crippen molar-refractivity contribution in [1.82, 2.24) is 0 Å². The average Bonchev–Trinajstić information content (AvgIpc) is 2.15. The Morgan fingerprint density at radius 1 is 1.47 bits per heavy atom. The van der Waals surface area contributed by atoms with Gasteiger partial charge in [0.2, 0.25) is 0 Å². The van der Waals surface area contributed by atoms with Crippen LogP contribution in [0.15, 0.2) is 24.3 Å². The normalized spacial score (nSPS) is 15.1. The van der Waals surface area contributed by atoms with Gasteiger partial charge in [-0.05, 0) is 31.0 Å². The highest BCUT2D eigenvalue weighted by Gasteiger charge is 2.25. The van der Waals surface area contributed by atoms with Crippen LogP contribution in [0.3, 0.4) is 0 Å². The van der Waals surface area contributed by atoms with E-state index in [1.54, 1.807) is 19.1 Å². The monoisotopic (exact) mass is 228 g/mol. The van der Waals surface area contributed by atoms with Gasteiger partial charge >= 0.3 is 0 Å². The summed E-state index contributed by atoms with van der Waals surface area (Å²) in [6, 6.07) is 7.16. The van der Waals surface area contributed by atoms with Crippen molar-refractivity contribution in [3.05, 3.63) is 29.3 Å². The van der Waals surface area contributed by atoms with Crippen molar-refractivity contribution < 1.29 is 9.84 Å². The summed E-state index contributed by atoms with van der Waals surface area (Å²) in [6.45, 7) is 5.95. The summed E-state index contributed by atoms with van der Waals surface area (Å²) in [6.07, 6.45) is 0. The molecule has 0 bridgehead atoms. The summed E-state index contributed by atoms with van der Waals surface area (Å²) in [4.78, 5) is 0. The minimum Gasteiger partial charge on any atom is -0.491 e. The van der Waals surface area contributed by atoms with Crippen LogP contribution in [0.25, 0.3) is 0 Å². The topological polar surface area (TPSA) is 29.5 Å². The average molecular weight is 229 g/mol. The fourth-order valence-electron chi connectivity index (χ4n) is 0.953. The van der Waals surface area contributed by atoms with E-state index in [1.807, 2.05) is 26.0 Å². The van der Waals surface area contributed by atoms with Crippen molar-refractivity contribution in [2.75, 3.05) is 6.61 Å². The molecule has 1 atom stereocenters. The van der Waals surface area contributed by atoms with Crippen molar-refractivity contribution in [3.63, 3.8) is 0 Å². The number of aliphatic hydroxyl groups is 1. The maximum absolute atomic E-state index is 9.96. The molecule has 15 heavy (non-hydrogen) atoms. The Bertz CT molecular complexity index is 321. The van der Waals surface area contributed by atoms with Crippen LogP contribution in [-0.2, 0) is 0 Å². The molecule has 1 unspecified atom stereocenters. The van der Waals surface area contributed by atoms with E-state index in [1.165, 1.54) is 0 Å². The van der Waals surface area contributed by atoms with Gasteiger partial charge in [-0.3, -0.25) is 0 Å². The highest BCUT2D eigenvalue weighted by molar-refractivity contribution is 6.30. The first-order valence-electron chi connectivity index (χ1n) is 5.02. The predicted molar refractivity (Wildman–Crippen MR) is 62.4 cm³/mol. The van der Waals surface area contributed by atoms with E-state index >= 15 is 0 Å². The van der Waals surface area contributed by atoms with Crippen LogP contribution in [0.1, 0.15) is 20.8 Å². The molecule has 1 N–H and O–H groups in total. The summed E-state index contributed by atoms with van der Waals surface area (Å²) >= 11 is 5.81. The molecule has 0 aliphatic rings. The Hall–Kier alpha value is -0.730. The lowest BCUT2D eigenvalue weighted by Gasteiger charge is -2.27. The van der Waals surface area contributed by atoms with E-state index in [0.29, 0.717) is 10.8 Å². The number of hydrogen-bond acceptors (Lipinski definition) is 2. The lowest BCUT2D eigenvalue weighted by atomic mass is 9.94. The van der Waals surface area contributed by atoms with Crippen LogP contribution in [0.5, 0.6) is 5.75 Å². The molecule has 1 aromatic carbocycles. The van der Waals surface area contributed by atoms with E-state index in [-0.39, 0.29) is 12.5 Å². The molecule has 0 fully saturated rings. The molecule has 84 valence electrons. The maximum atomic E-state index is 9.96. The number of benzene rings is 1.